The van der Waals surface area contributed by atoms with Crippen molar-refractivity contribution in [2.45, 2.75) is 57.2 Å². The van der Waals surface area contributed by atoms with Gasteiger partial charge in [0.2, 0.25) is 32.7 Å². The summed E-state index contributed by atoms with van der Waals surface area (Å²) >= 11 is 0. The Hall–Kier alpha value is -3.28. The molecule has 212 valence electrons. The normalized spacial score (nSPS) is 26.5. The van der Waals surface area contributed by atoms with E-state index < -0.39 is 56.8 Å². The van der Waals surface area contributed by atoms with E-state index in [1.807, 2.05) is 0 Å². The van der Waals surface area contributed by atoms with E-state index in [4.69, 9.17) is 0 Å². The summed E-state index contributed by atoms with van der Waals surface area (Å²) in [5, 5.41) is 6.75. The average Bonchev–Trinajstić information content (AvgIpc) is 3.58. The van der Waals surface area contributed by atoms with Crippen molar-refractivity contribution in [3.8, 4) is 0 Å². The van der Waals surface area contributed by atoms with Gasteiger partial charge in [-0.15, -0.1) is 0 Å². The summed E-state index contributed by atoms with van der Waals surface area (Å²) < 4.78 is 38.1. The molecule has 4 rings (SSSR count). The van der Waals surface area contributed by atoms with Crippen molar-refractivity contribution in [2.75, 3.05) is 19.3 Å². The van der Waals surface area contributed by atoms with Crippen LogP contribution >= 0.6 is 0 Å². The summed E-state index contributed by atoms with van der Waals surface area (Å²) in [6.45, 7) is 2.10. The third-order valence-corrected chi connectivity index (χ3v) is 8.73. The van der Waals surface area contributed by atoms with Gasteiger partial charge in [0.1, 0.15) is 12.1 Å². The quantitative estimate of drug-likeness (QED) is 0.415. The van der Waals surface area contributed by atoms with Gasteiger partial charge < -0.3 is 20.9 Å². The number of likely N-dealkylation sites (tertiary alicyclic amines) is 1. The van der Waals surface area contributed by atoms with Crippen LogP contribution in [0.15, 0.2) is 41.6 Å². The highest BCUT2D eigenvalue weighted by Gasteiger charge is 2.51. The zero-order chi connectivity index (χ0) is 28.3. The van der Waals surface area contributed by atoms with Crippen LogP contribution < -0.4 is 16.0 Å². The molecule has 1 aromatic carbocycles. The molecule has 3 aliphatic rings. The van der Waals surface area contributed by atoms with Crippen LogP contribution in [0.25, 0.3) is 0 Å². The van der Waals surface area contributed by atoms with Gasteiger partial charge in [-0.25, -0.2) is 8.42 Å². The lowest BCUT2D eigenvalue weighted by atomic mass is 9.92. The van der Waals surface area contributed by atoms with Gasteiger partial charge in [-0.2, -0.15) is 4.39 Å². The smallest absolute Gasteiger partial charge is 0.250 e. The second-order valence-electron chi connectivity index (χ2n) is 10.7. The van der Waals surface area contributed by atoms with Crippen molar-refractivity contribution >= 4 is 33.5 Å². The summed E-state index contributed by atoms with van der Waals surface area (Å²) in [7, 11) is -4.15. The van der Waals surface area contributed by atoms with Crippen LogP contribution in [0.5, 0.6) is 0 Å². The molecule has 2 heterocycles. The van der Waals surface area contributed by atoms with Crippen molar-refractivity contribution < 1.29 is 32.0 Å². The Kier molecular flexibility index (Phi) is 8.73. The summed E-state index contributed by atoms with van der Waals surface area (Å²) in [5.41, 5.74) is 0.581. The van der Waals surface area contributed by atoms with Crippen LogP contribution in [0.1, 0.15) is 50.6 Å². The SMILES string of the molecule is CC(=O)N[C@@H](C(=O)N1C[C@H]2CCC[C@H]2[C@H]1C(=O)N[C@H](/C=C(/F)S(C)(=O)=O)C[C@H]1CCNC1=O)c1ccccc1. The molecule has 4 amide bonds. The van der Waals surface area contributed by atoms with E-state index in [0.29, 0.717) is 25.1 Å². The molecule has 2 saturated heterocycles. The predicted molar refractivity (Wildman–Crippen MR) is 141 cm³/mol. The third kappa shape index (κ3) is 6.66. The first-order valence-electron chi connectivity index (χ1n) is 13.2. The molecule has 3 fully saturated rings. The van der Waals surface area contributed by atoms with E-state index >= 15 is 0 Å². The molecule has 0 unspecified atom stereocenters. The molecule has 3 N–H and O–H groups in total. The Morgan fingerprint density at radius 1 is 1.15 bits per heavy atom. The van der Waals surface area contributed by atoms with Gasteiger partial charge in [0, 0.05) is 32.2 Å². The van der Waals surface area contributed by atoms with Crippen molar-refractivity contribution in [2.24, 2.45) is 17.8 Å². The van der Waals surface area contributed by atoms with E-state index in [1.54, 1.807) is 30.3 Å². The summed E-state index contributed by atoms with van der Waals surface area (Å²) in [5.74, 6) is -2.13. The number of carbonyl (C=O) groups excluding carboxylic acids is 4. The molecular formula is C27H35FN4O6S. The average molecular weight is 563 g/mol. The van der Waals surface area contributed by atoms with E-state index in [2.05, 4.69) is 16.0 Å². The highest BCUT2D eigenvalue weighted by Crippen LogP contribution is 2.43. The number of nitrogens with one attached hydrogen (secondary N) is 3. The summed E-state index contributed by atoms with van der Waals surface area (Å²) in [6, 6.07) is 5.83. The second kappa shape index (κ2) is 11.8. The van der Waals surface area contributed by atoms with Gasteiger partial charge in [-0.3, -0.25) is 19.2 Å². The number of fused-ring (bicyclic) bond motifs is 1. The maximum absolute atomic E-state index is 14.5. The standard InChI is InChI=1S/C27H35FN4O6S/c1-16(33)30-23(17-7-4-3-5-8-17)27(36)32-15-19-9-6-10-21(19)24(32)26(35)31-20(14-22(28)39(2,37)38)13-18-11-12-29-25(18)34/h3-5,7-8,14,18-21,23-24H,6,9-13,15H2,1-2H3,(H,29,34)(H,30,33)(H,31,35)/b22-14-/t18-,19-,20+,21-,23-,24+/m1/s1. The fourth-order valence-electron chi connectivity index (χ4n) is 6.07. The molecule has 0 spiro atoms. The number of hydrogen-bond donors (Lipinski definition) is 3. The molecule has 1 aromatic rings. The fourth-order valence-corrected chi connectivity index (χ4v) is 6.48. The van der Waals surface area contributed by atoms with Crippen molar-refractivity contribution in [3.63, 3.8) is 0 Å². The Labute approximate surface area is 227 Å². The Bertz CT molecular complexity index is 1250. The molecule has 0 bridgehead atoms. The van der Waals surface area contributed by atoms with Crippen molar-refractivity contribution in [1.82, 2.24) is 20.9 Å². The second-order valence-corrected chi connectivity index (χ2v) is 12.6. The largest absolute Gasteiger partial charge is 0.356 e. The van der Waals surface area contributed by atoms with E-state index in [0.717, 1.165) is 31.6 Å². The highest BCUT2D eigenvalue weighted by molar-refractivity contribution is 7.94. The zero-order valence-corrected chi connectivity index (χ0v) is 22.9. The van der Waals surface area contributed by atoms with Crippen LogP contribution in [0.3, 0.4) is 0 Å². The van der Waals surface area contributed by atoms with Crippen molar-refractivity contribution in [1.29, 1.82) is 0 Å². The maximum atomic E-state index is 14.5. The van der Waals surface area contributed by atoms with E-state index in [9.17, 15) is 32.0 Å². The van der Waals surface area contributed by atoms with E-state index in [1.165, 1.54) is 11.8 Å². The third-order valence-electron chi connectivity index (χ3n) is 7.88. The monoisotopic (exact) mass is 562 g/mol. The number of benzene rings is 1. The molecule has 12 heteroatoms. The number of hydrogen-bond acceptors (Lipinski definition) is 6. The first kappa shape index (κ1) is 28.7. The van der Waals surface area contributed by atoms with Crippen molar-refractivity contribution in [3.05, 3.63) is 47.1 Å². The van der Waals surface area contributed by atoms with Gasteiger partial charge in [-0.1, -0.05) is 36.8 Å². The van der Waals surface area contributed by atoms with Crippen LogP contribution in [0.2, 0.25) is 0 Å². The van der Waals surface area contributed by atoms with Gasteiger partial charge in [0.25, 0.3) is 5.91 Å². The number of rotatable bonds is 9. The Morgan fingerprint density at radius 3 is 2.49 bits per heavy atom. The number of carbonyl (C=O) groups is 4. The molecular weight excluding hydrogens is 527 g/mol. The first-order chi connectivity index (χ1) is 18.5. The summed E-state index contributed by atoms with van der Waals surface area (Å²) in [4.78, 5) is 53.3. The van der Waals surface area contributed by atoms with Crippen LogP contribution in [-0.2, 0) is 29.0 Å². The number of nitrogens with zero attached hydrogens (tertiary/aromatic N) is 1. The Balaban J connectivity index is 1.62. The molecule has 0 radical (unpaired) electrons. The minimum Gasteiger partial charge on any atom is -0.356 e. The Morgan fingerprint density at radius 2 is 1.87 bits per heavy atom. The molecule has 10 nitrogen and oxygen atoms in total. The fraction of sp³-hybridized carbons (Fsp3) is 0.556. The molecule has 39 heavy (non-hydrogen) atoms. The van der Waals surface area contributed by atoms with Crippen LogP contribution in [-0.4, -0.2) is 68.4 Å². The lowest BCUT2D eigenvalue weighted by molar-refractivity contribution is -0.142. The lowest BCUT2D eigenvalue weighted by Gasteiger charge is -2.32. The van der Waals surface area contributed by atoms with Gasteiger partial charge in [0.15, 0.2) is 0 Å². The number of sulfone groups is 1. The molecule has 1 aliphatic carbocycles. The maximum Gasteiger partial charge on any atom is 0.250 e. The highest BCUT2D eigenvalue weighted by atomic mass is 32.2. The number of halogens is 1. The minimum atomic E-state index is -4.15. The minimum absolute atomic E-state index is 0.0216. The predicted octanol–water partition coefficient (Wildman–Crippen LogP) is 1.36. The van der Waals surface area contributed by atoms with Gasteiger partial charge in [-0.05, 0) is 49.2 Å². The number of amides is 4. The van der Waals surface area contributed by atoms with Crippen LogP contribution in [0, 0.1) is 17.8 Å². The van der Waals surface area contributed by atoms with Crippen LogP contribution in [0.4, 0.5) is 4.39 Å². The molecule has 6 atom stereocenters. The molecule has 0 aromatic heterocycles. The van der Waals surface area contributed by atoms with E-state index in [-0.39, 0.29) is 24.2 Å². The summed E-state index contributed by atoms with van der Waals surface area (Å²) in [6.07, 6.45) is 4.54. The first-order valence-corrected chi connectivity index (χ1v) is 15.1. The lowest BCUT2D eigenvalue weighted by Crippen LogP contribution is -2.53. The molecule has 2 aliphatic heterocycles. The molecule has 1 saturated carbocycles. The topological polar surface area (TPSA) is 142 Å². The van der Waals surface area contributed by atoms with Gasteiger partial charge in [0.05, 0.1) is 6.04 Å². The zero-order valence-electron chi connectivity index (χ0n) is 22.1. The van der Waals surface area contributed by atoms with Gasteiger partial charge >= 0.3 is 0 Å².